The van der Waals surface area contributed by atoms with Gasteiger partial charge >= 0.3 is 0 Å². The molecule has 4 nitrogen and oxygen atoms in total. The Bertz CT molecular complexity index is 1060. The minimum Gasteiger partial charge on any atom is -0.508 e. The molecule has 0 spiro atoms. The van der Waals surface area contributed by atoms with Gasteiger partial charge in [-0.15, -0.1) is 0 Å². The molecule has 0 bridgehead atoms. The number of phenolic OH excluding ortho intramolecular Hbond substituents is 2. The average Bonchev–Trinajstić information content (AvgIpc) is 2.79. The molecule has 0 aromatic heterocycles. The first-order valence-electron chi connectivity index (χ1n) is 11.2. The second kappa shape index (κ2) is 8.05. The quantitative estimate of drug-likeness (QED) is 0.504. The molecule has 0 heterocycles. The van der Waals surface area contributed by atoms with Gasteiger partial charge in [0.2, 0.25) is 0 Å². The van der Waals surface area contributed by atoms with Crippen LogP contribution in [0.4, 0.5) is 0 Å². The molecule has 0 saturated heterocycles. The van der Waals surface area contributed by atoms with Crippen LogP contribution in [0.1, 0.15) is 38.8 Å². The number of aromatic hydroxyl groups is 2. The van der Waals surface area contributed by atoms with Crippen LogP contribution in [-0.2, 0) is 0 Å². The molecular weight excluding hydrogens is 412 g/mol. The summed E-state index contributed by atoms with van der Waals surface area (Å²) in [5, 5.41) is 42.7. The van der Waals surface area contributed by atoms with Crippen molar-refractivity contribution in [3.05, 3.63) is 96.1 Å². The van der Waals surface area contributed by atoms with Gasteiger partial charge in [-0.2, -0.15) is 0 Å². The Labute approximate surface area is 195 Å². The summed E-state index contributed by atoms with van der Waals surface area (Å²) in [5.74, 6) is 0.361. The summed E-state index contributed by atoms with van der Waals surface area (Å²) in [6.07, 6.45) is 10.2. The van der Waals surface area contributed by atoms with Crippen LogP contribution >= 0.6 is 0 Å². The van der Waals surface area contributed by atoms with E-state index in [1.807, 2.05) is 50.3 Å². The average molecular weight is 445 g/mol. The van der Waals surface area contributed by atoms with Gasteiger partial charge in [-0.25, -0.2) is 0 Å². The minimum absolute atomic E-state index is 0.180. The lowest BCUT2D eigenvalue weighted by Crippen LogP contribution is -2.57. The third-order valence-electron chi connectivity index (χ3n) is 8.26. The molecule has 4 heteroatoms. The van der Waals surface area contributed by atoms with Gasteiger partial charge in [-0.3, -0.25) is 0 Å². The third kappa shape index (κ3) is 3.54. The van der Waals surface area contributed by atoms with Gasteiger partial charge in [0, 0.05) is 10.8 Å². The van der Waals surface area contributed by atoms with Crippen molar-refractivity contribution in [1.29, 1.82) is 0 Å². The molecule has 2 aromatic carbocycles. The second-order valence-corrected chi connectivity index (χ2v) is 10.1. The van der Waals surface area contributed by atoms with Crippen molar-refractivity contribution in [3.63, 3.8) is 0 Å². The molecule has 0 amide bonds. The predicted molar refractivity (Wildman–Crippen MR) is 132 cm³/mol. The topological polar surface area (TPSA) is 80.9 Å². The Kier molecular flexibility index (Phi) is 5.63. The van der Waals surface area contributed by atoms with Crippen LogP contribution < -0.4 is 0 Å². The molecule has 2 aliphatic rings. The molecule has 33 heavy (non-hydrogen) atoms. The maximum absolute atomic E-state index is 11.7. The summed E-state index contributed by atoms with van der Waals surface area (Å²) in [5.41, 5.74) is 1.26. The van der Waals surface area contributed by atoms with Crippen LogP contribution in [0.5, 0.6) is 11.5 Å². The van der Waals surface area contributed by atoms with Crippen LogP contribution in [0, 0.1) is 16.2 Å². The van der Waals surface area contributed by atoms with Gasteiger partial charge in [0.05, 0.1) is 12.2 Å². The number of phenols is 2. The number of allylic oxidation sites excluding steroid dienone is 4. The van der Waals surface area contributed by atoms with E-state index in [2.05, 4.69) is 13.8 Å². The van der Waals surface area contributed by atoms with Crippen molar-refractivity contribution in [2.75, 3.05) is 0 Å². The van der Waals surface area contributed by atoms with E-state index in [9.17, 15) is 20.4 Å². The van der Waals surface area contributed by atoms with Crippen LogP contribution in [0.3, 0.4) is 0 Å². The highest BCUT2D eigenvalue weighted by Crippen LogP contribution is 2.60. The first-order chi connectivity index (χ1) is 15.5. The third-order valence-corrected chi connectivity index (χ3v) is 8.26. The lowest BCUT2D eigenvalue weighted by molar-refractivity contribution is -0.0814. The van der Waals surface area contributed by atoms with Crippen molar-refractivity contribution in [2.24, 2.45) is 16.2 Å². The smallest absolute Gasteiger partial charge is 0.115 e. The van der Waals surface area contributed by atoms with Crippen LogP contribution in [0.25, 0.3) is 11.1 Å². The Morgan fingerprint density at radius 3 is 1.30 bits per heavy atom. The maximum Gasteiger partial charge on any atom is 0.115 e. The molecule has 2 aliphatic carbocycles. The maximum atomic E-state index is 11.7. The van der Waals surface area contributed by atoms with E-state index >= 15 is 0 Å². The van der Waals surface area contributed by atoms with Crippen molar-refractivity contribution >= 4 is 11.1 Å². The van der Waals surface area contributed by atoms with Crippen molar-refractivity contribution in [1.82, 2.24) is 0 Å². The number of hydrogen-bond acceptors (Lipinski definition) is 4. The molecule has 4 atom stereocenters. The van der Waals surface area contributed by atoms with Crippen molar-refractivity contribution in [3.8, 4) is 11.5 Å². The zero-order chi connectivity index (χ0) is 24.0. The molecular formula is C29H32O4. The number of hydrogen-bond donors (Lipinski definition) is 4. The summed E-state index contributed by atoms with van der Waals surface area (Å²) in [4.78, 5) is 0. The van der Waals surface area contributed by atoms with E-state index in [0.717, 1.165) is 22.3 Å². The Morgan fingerprint density at radius 2 is 0.970 bits per heavy atom. The summed E-state index contributed by atoms with van der Waals surface area (Å²) >= 11 is 0. The van der Waals surface area contributed by atoms with E-state index in [1.165, 1.54) is 0 Å². The highest BCUT2D eigenvalue weighted by Gasteiger charge is 2.58. The van der Waals surface area contributed by atoms with Gasteiger partial charge in [-0.1, -0.05) is 88.4 Å². The molecule has 172 valence electrons. The highest BCUT2D eigenvalue weighted by atomic mass is 16.3. The van der Waals surface area contributed by atoms with Gasteiger partial charge in [0.15, 0.2) is 0 Å². The van der Waals surface area contributed by atoms with Crippen LogP contribution in [0.15, 0.2) is 85.0 Å². The van der Waals surface area contributed by atoms with Crippen molar-refractivity contribution in [2.45, 2.75) is 39.9 Å². The standard InChI is InChI=1S/C29H32O4/c1-27(2,28(3)17-5-7-23(25(28)32)19-9-13-21(30)14-10-19)29(4)18-6-8-24(26(29)33)20-11-15-22(31)16-12-20/h5-18,25-26,30-33H,1-4H3. The van der Waals surface area contributed by atoms with E-state index in [4.69, 9.17) is 0 Å². The molecule has 4 rings (SSSR count). The summed E-state index contributed by atoms with van der Waals surface area (Å²) in [6, 6.07) is 13.7. The highest BCUT2D eigenvalue weighted by molar-refractivity contribution is 5.75. The molecule has 4 N–H and O–H groups in total. The van der Waals surface area contributed by atoms with Crippen molar-refractivity contribution < 1.29 is 20.4 Å². The van der Waals surface area contributed by atoms with E-state index in [1.54, 1.807) is 48.5 Å². The monoisotopic (exact) mass is 444 g/mol. The van der Waals surface area contributed by atoms with Gasteiger partial charge in [0.1, 0.15) is 11.5 Å². The lowest BCUT2D eigenvalue weighted by Gasteiger charge is -2.58. The molecule has 4 unspecified atom stereocenters. The SMILES string of the molecule is CC1(C(C)(C)C2(C)C=CC=C(c3ccc(O)cc3)C2O)C=CC=C(c2ccc(O)cc2)C1O. The molecule has 0 radical (unpaired) electrons. The minimum atomic E-state index is -0.817. The molecule has 0 aliphatic heterocycles. The predicted octanol–water partition coefficient (Wildman–Crippen LogP) is 5.47. The fourth-order valence-corrected chi connectivity index (χ4v) is 5.21. The van der Waals surface area contributed by atoms with E-state index in [-0.39, 0.29) is 11.5 Å². The molecule has 2 aromatic rings. The van der Waals surface area contributed by atoms with E-state index in [0.29, 0.717) is 0 Å². The zero-order valence-electron chi connectivity index (χ0n) is 19.5. The summed E-state index contributed by atoms with van der Waals surface area (Å²) < 4.78 is 0. The van der Waals surface area contributed by atoms with Gasteiger partial charge < -0.3 is 20.4 Å². The fourth-order valence-electron chi connectivity index (χ4n) is 5.21. The van der Waals surface area contributed by atoms with Gasteiger partial charge in [-0.05, 0) is 52.0 Å². The number of aliphatic hydroxyl groups excluding tert-OH is 2. The second-order valence-electron chi connectivity index (χ2n) is 10.1. The Hall–Kier alpha value is -3.08. The molecule has 0 saturated carbocycles. The first-order valence-corrected chi connectivity index (χ1v) is 11.2. The summed E-state index contributed by atoms with van der Waals surface area (Å²) in [6.45, 7) is 8.25. The largest absolute Gasteiger partial charge is 0.508 e. The Morgan fingerprint density at radius 1 is 0.636 bits per heavy atom. The first kappa shape index (κ1) is 23.1. The fraction of sp³-hybridized carbons (Fsp3) is 0.310. The van der Waals surface area contributed by atoms with E-state index < -0.39 is 28.5 Å². The lowest BCUT2D eigenvalue weighted by atomic mass is 9.47. The Balaban J connectivity index is 1.72. The zero-order valence-corrected chi connectivity index (χ0v) is 19.5. The van der Waals surface area contributed by atoms with Crippen LogP contribution in [-0.4, -0.2) is 32.6 Å². The number of rotatable bonds is 4. The number of benzene rings is 2. The van der Waals surface area contributed by atoms with Gasteiger partial charge in [0.25, 0.3) is 0 Å². The summed E-state index contributed by atoms with van der Waals surface area (Å²) in [7, 11) is 0. The number of aliphatic hydroxyl groups is 2. The normalized spacial score (nSPS) is 29.5. The molecule has 0 fully saturated rings. The van der Waals surface area contributed by atoms with Crippen LogP contribution in [0.2, 0.25) is 0 Å².